The number of H-pyrrole nitrogens is 1. The minimum Gasteiger partial charge on any atom is -0.346 e. The molecule has 6 nitrogen and oxygen atoms in total. The molecule has 0 aliphatic carbocycles. The largest absolute Gasteiger partial charge is 0.346 e. The zero-order valence-corrected chi connectivity index (χ0v) is 20.6. The molecular weight excluding hydrogens is 462 g/mol. The first kappa shape index (κ1) is 24.0. The van der Waals surface area contributed by atoms with Gasteiger partial charge in [-0.05, 0) is 46.5 Å². The van der Waals surface area contributed by atoms with Gasteiger partial charge in [-0.15, -0.1) is 0 Å². The minimum absolute atomic E-state index is 0.0301. The molecule has 5 aromatic rings. The summed E-state index contributed by atoms with van der Waals surface area (Å²) in [6.45, 7) is 3.78. The van der Waals surface area contributed by atoms with Gasteiger partial charge in [0.05, 0.1) is 12.1 Å². The number of fused-ring (bicyclic) bond motifs is 2. The van der Waals surface area contributed by atoms with Crippen LogP contribution in [0.1, 0.15) is 58.0 Å². The third kappa shape index (κ3) is 5.00. The van der Waals surface area contributed by atoms with Gasteiger partial charge < -0.3 is 15.6 Å². The van der Waals surface area contributed by atoms with Crippen LogP contribution in [0.15, 0.2) is 102 Å². The number of aromatic nitrogens is 1. The van der Waals surface area contributed by atoms with E-state index in [4.69, 9.17) is 0 Å². The van der Waals surface area contributed by atoms with E-state index in [1.165, 1.54) is 12.1 Å². The summed E-state index contributed by atoms with van der Waals surface area (Å²) in [4.78, 5) is 41.4. The average Bonchev–Trinajstić information content (AvgIpc) is 2.91. The minimum atomic E-state index is -0.464. The number of hydrogen-bond donors (Lipinski definition) is 3. The van der Waals surface area contributed by atoms with Crippen molar-refractivity contribution in [2.75, 3.05) is 0 Å². The lowest BCUT2D eigenvalue weighted by molar-refractivity contribution is 0.0930. The van der Waals surface area contributed by atoms with Crippen molar-refractivity contribution in [3.05, 3.63) is 130 Å². The zero-order valence-electron chi connectivity index (χ0n) is 20.6. The molecule has 1 aromatic heterocycles. The summed E-state index contributed by atoms with van der Waals surface area (Å²) in [5.74, 6) is -0.927. The lowest BCUT2D eigenvalue weighted by Gasteiger charge is -2.18. The van der Waals surface area contributed by atoms with E-state index >= 15 is 0 Å². The van der Waals surface area contributed by atoms with Crippen LogP contribution in [0.3, 0.4) is 0 Å². The Kier molecular flexibility index (Phi) is 6.56. The lowest BCUT2D eigenvalue weighted by Crippen LogP contribution is -2.32. The number of pyridine rings is 1. The predicted molar refractivity (Wildman–Crippen MR) is 147 cm³/mol. The molecule has 0 bridgehead atoms. The van der Waals surface area contributed by atoms with Crippen molar-refractivity contribution >= 4 is 33.4 Å². The first-order valence-electron chi connectivity index (χ1n) is 12.2. The van der Waals surface area contributed by atoms with E-state index in [9.17, 15) is 14.4 Å². The highest BCUT2D eigenvalue weighted by molar-refractivity contribution is 5.97. The molecule has 0 saturated carbocycles. The van der Waals surface area contributed by atoms with Crippen molar-refractivity contribution in [1.82, 2.24) is 15.6 Å². The number of benzene rings is 4. The summed E-state index contributed by atoms with van der Waals surface area (Å²) in [6.07, 6.45) is 0. The molecule has 6 heteroatoms. The summed E-state index contributed by atoms with van der Waals surface area (Å²) in [6, 6.07) is 29.6. The number of carbonyl (C=O) groups is 2. The summed E-state index contributed by atoms with van der Waals surface area (Å²) in [5, 5.41) is 10.1. The first-order chi connectivity index (χ1) is 17.9. The van der Waals surface area contributed by atoms with Crippen molar-refractivity contribution < 1.29 is 9.59 Å². The highest BCUT2D eigenvalue weighted by atomic mass is 16.2. The maximum absolute atomic E-state index is 13.1. The van der Waals surface area contributed by atoms with Crippen molar-refractivity contribution in [1.29, 1.82) is 0 Å². The fraction of sp³-hybridized carbons (Fsp3) is 0.129. The van der Waals surface area contributed by atoms with Crippen LogP contribution >= 0.6 is 0 Å². The van der Waals surface area contributed by atoms with Crippen molar-refractivity contribution in [2.45, 2.75) is 25.9 Å². The van der Waals surface area contributed by atoms with Gasteiger partial charge in [0.25, 0.3) is 11.8 Å². The Morgan fingerprint density at radius 3 is 1.49 bits per heavy atom. The molecule has 0 fully saturated rings. The fourth-order valence-electron chi connectivity index (χ4n) is 4.75. The number of aromatic amines is 1. The molecule has 3 N–H and O–H groups in total. The number of rotatable bonds is 6. The lowest BCUT2D eigenvalue weighted by atomic mass is 9.99. The quantitative estimate of drug-likeness (QED) is 0.287. The molecule has 2 amide bonds. The summed E-state index contributed by atoms with van der Waals surface area (Å²) in [7, 11) is 0. The molecule has 0 unspecified atom stereocenters. The third-order valence-electron chi connectivity index (χ3n) is 6.61. The van der Waals surface area contributed by atoms with Crippen LogP contribution in [-0.4, -0.2) is 16.8 Å². The van der Waals surface area contributed by atoms with Crippen molar-refractivity contribution in [3.8, 4) is 0 Å². The Balaban J connectivity index is 1.35. The van der Waals surface area contributed by atoms with Gasteiger partial charge in [-0.3, -0.25) is 14.4 Å². The van der Waals surface area contributed by atoms with Crippen molar-refractivity contribution in [2.24, 2.45) is 0 Å². The molecule has 4 aromatic carbocycles. The highest BCUT2D eigenvalue weighted by Gasteiger charge is 2.18. The standard InChI is InChI=1S/C31H27N3O3/c1-19(24-15-7-11-21-9-3-5-13-26(21)24)32-30(36)28-17-23(35)18-29(34-28)31(37)33-20(2)25-16-8-12-22-10-4-6-14-27(22)25/h3-20H,1-2H3,(H,32,36)(H,33,37)(H,34,35)/t19-,20-/m0/s1. The Morgan fingerprint density at radius 2 is 1.03 bits per heavy atom. The Morgan fingerprint density at radius 1 is 0.622 bits per heavy atom. The van der Waals surface area contributed by atoms with E-state index < -0.39 is 17.2 Å². The normalized spacial score (nSPS) is 12.7. The second-order valence-electron chi connectivity index (χ2n) is 9.17. The molecule has 2 atom stereocenters. The van der Waals surface area contributed by atoms with E-state index in [0.29, 0.717) is 0 Å². The van der Waals surface area contributed by atoms with Crippen LogP contribution in [0, 0.1) is 0 Å². The maximum Gasteiger partial charge on any atom is 0.268 e. The summed E-state index contributed by atoms with van der Waals surface area (Å²) >= 11 is 0. The van der Waals surface area contributed by atoms with Crippen LogP contribution in [0.25, 0.3) is 21.5 Å². The first-order valence-corrected chi connectivity index (χ1v) is 12.2. The Labute approximate surface area is 214 Å². The molecule has 184 valence electrons. The second kappa shape index (κ2) is 10.1. The fourth-order valence-corrected chi connectivity index (χ4v) is 4.75. The average molecular weight is 490 g/mol. The molecule has 1 heterocycles. The number of carbonyl (C=O) groups excluding carboxylic acids is 2. The second-order valence-corrected chi connectivity index (χ2v) is 9.17. The number of hydrogen-bond acceptors (Lipinski definition) is 3. The predicted octanol–water partition coefficient (Wildman–Crippen LogP) is 5.66. The molecule has 0 radical (unpaired) electrons. The highest BCUT2D eigenvalue weighted by Crippen LogP contribution is 2.25. The van der Waals surface area contributed by atoms with E-state index in [0.717, 1.165) is 32.7 Å². The molecular formula is C31H27N3O3. The molecule has 5 rings (SSSR count). The van der Waals surface area contributed by atoms with Crippen LogP contribution < -0.4 is 16.1 Å². The van der Waals surface area contributed by atoms with E-state index in [-0.39, 0.29) is 23.5 Å². The Hall–Kier alpha value is -4.71. The van der Waals surface area contributed by atoms with Crippen LogP contribution in [0.4, 0.5) is 0 Å². The van der Waals surface area contributed by atoms with Gasteiger partial charge in [0.2, 0.25) is 0 Å². The van der Waals surface area contributed by atoms with Gasteiger partial charge in [0.15, 0.2) is 5.43 Å². The zero-order chi connectivity index (χ0) is 25.9. The number of amides is 2. The Bertz CT molecular complexity index is 1560. The molecule has 0 saturated heterocycles. The van der Waals surface area contributed by atoms with Crippen LogP contribution in [0.5, 0.6) is 0 Å². The summed E-state index contributed by atoms with van der Waals surface area (Å²) < 4.78 is 0. The van der Waals surface area contributed by atoms with Gasteiger partial charge in [-0.25, -0.2) is 0 Å². The smallest absolute Gasteiger partial charge is 0.268 e. The molecule has 0 aliphatic heterocycles. The van der Waals surface area contributed by atoms with E-state index in [1.807, 2.05) is 98.8 Å². The van der Waals surface area contributed by atoms with Crippen LogP contribution in [-0.2, 0) is 0 Å². The maximum atomic E-state index is 13.1. The van der Waals surface area contributed by atoms with Gasteiger partial charge in [-0.2, -0.15) is 0 Å². The summed E-state index contributed by atoms with van der Waals surface area (Å²) in [5.41, 5.74) is 1.56. The van der Waals surface area contributed by atoms with Gasteiger partial charge >= 0.3 is 0 Å². The topological polar surface area (TPSA) is 91.1 Å². The van der Waals surface area contributed by atoms with E-state index in [1.54, 1.807) is 0 Å². The van der Waals surface area contributed by atoms with Gasteiger partial charge in [-0.1, -0.05) is 84.9 Å². The number of nitrogens with one attached hydrogen (secondary N) is 3. The SMILES string of the molecule is C[C@H](NC(=O)c1cc(=O)cc(C(=O)N[C@@H](C)c2cccc3ccccc23)[nH]1)c1cccc2ccccc12. The monoisotopic (exact) mass is 489 g/mol. The van der Waals surface area contributed by atoms with Gasteiger partial charge in [0, 0.05) is 12.1 Å². The van der Waals surface area contributed by atoms with Gasteiger partial charge in [0.1, 0.15) is 11.4 Å². The molecule has 0 aliphatic rings. The van der Waals surface area contributed by atoms with Crippen LogP contribution in [0.2, 0.25) is 0 Å². The third-order valence-corrected chi connectivity index (χ3v) is 6.61. The molecule has 0 spiro atoms. The molecule has 37 heavy (non-hydrogen) atoms. The van der Waals surface area contributed by atoms with Crippen molar-refractivity contribution in [3.63, 3.8) is 0 Å². The van der Waals surface area contributed by atoms with E-state index in [2.05, 4.69) is 15.6 Å².